The Morgan fingerprint density at radius 3 is 2.90 bits per heavy atom. The van der Waals surface area contributed by atoms with Gasteiger partial charge in [-0.1, -0.05) is 24.3 Å². The van der Waals surface area contributed by atoms with Crippen molar-refractivity contribution in [2.45, 2.75) is 44.7 Å². The molecule has 1 aliphatic heterocycles. The minimum Gasteiger partial charge on any atom is -0.394 e. The van der Waals surface area contributed by atoms with E-state index in [9.17, 15) is 5.11 Å². The average molecular weight is 280 g/mol. The van der Waals surface area contributed by atoms with Gasteiger partial charge >= 0.3 is 0 Å². The summed E-state index contributed by atoms with van der Waals surface area (Å²) in [5.74, 6) is 0. The quantitative estimate of drug-likeness (QED) is 0.832. The Labute approximate surface area is 120 Å². The van der Waals surface area contributed by atoms with Gasteiger partial charge in [-0.05, 0) is 30.4 Å². The number of aliphatic hydroxyl groups excluding tert-OH is 1. The molecule has 2 atom stereocenters. The number of aliphatic hydroxyl groups is 1. The predicted octanol–water partition coefficient (Wildman–Crippen LogP) is 2.28. The van der Waals surface area contributed by atoms with E-state index >= 15 is 0 Å². The number of hydrogen-bond acceptors (Lipinski definition) is 4. The summed E-state index contributed by atoms with van der Waals surface area (Å²) in [5, 5.41) is 9.49. The first-order valence-corrected chi connectivity index (χ1v) is 7.26. The van der Waals surface area contributed by atoms with Crippen molar-refractivity contribution in [1.82, 2.24) is 0 Å². The summed E-state index contributed by atoms with van der Waals surface area (Å²) >= 11 is 0. The van der Waals surface area contributed by atoms with E-state index in [4.69, 9.17) is 14.2 Å². The van der Waals surface area contributed by atoms with E-state index in [1.807, 2.05) is 18.2 Å². The third-order valence-electron chi connectivity index (χ3n) is 3.45. The fourth-order valence-corrected chi connectivity index (χ4v) is 2.46. The molecular formula is C16H24O4. The van der Waals surface area contributed by atoms with Crippen LogP contribution in [0.1, 0.15) is 30.4 Å². The van der Waals surface area contributed by atoms with Crippen LogP contribution >= 0.6 is 0 Å². The lowest BCUT2D eigenvalue weighted by molar-refractivity contribution is -0.194. The third-order valence-corrected chi connectivity index (χ3v) is 3.45. The molecule has 2 unspecified atom stereocenters. The molecule has 1 heterocycles. The van der Waals surface area contributed by atoms with Crippen molar-refractivity contribution >= 4 is 0 Å². The van der Waals surface area contributed by atoms with Gasteiger partial charge in [-0.2, -0.15) is 0 Å². The van der Waals surface area contributed by atoms with Crippen LogP contribution in [0.25, 0.3) is 0 Å². The van der Waals surface area contributed by atoms with Crippen molar-refractivity contribution in [2.75, 3.05) is 20.3 Å². The molecule has 0 radical (unpaired) electrons. The Morgan fingerprint density at radius 1 is 1.35 bits per heavy atom. The zero-order valence-corrected chi connectivity index (χ0v) is 12.1. The zero-order chi connectivity index (χ0) is 14.2. The summed E-state index contributed by atoms with van der Waals surface area (Å²) in [4.78, 5) is 0. The van der Waals surface area contributed by atoms with Crippen LogP contribution in [0, 0.1) is 0 Å². The van der Waals surface area contributed by atoms with Crippen molar-refractivity contribution < 1.29 is 19.3 Å². The molecule has 1 N–H and O–H groups in total. The molecule has 1 saturated heterocycles. The molecule has 2 rings (SSSR count). The number of hydrogen-bond donors (Lipinski definition) is 1. The van der Waals surface area contributed by atoms with Crippen LogP contribution in [0.2, 0.25) is 0 Å². The van der Waals surface area contributed by atoms with Crippen LogP contribution < -0.4 is 0 Å². The van der Waals surface area contributed by atoms with Crippen molar-refractivity contribution in [3.8, 4) is 0 Å². The monoisotopic (exact) mass is 280 g/mol. The average Bonchev–Trinajstić information content (AvgIpc) is 2.48. The zero-order valence-electron chi connectivity index (χ0n) is 12.1. The molecule has 20 heavy (non-hydrogen) atoms. The molecule has 0 aromatic heterocycles. The molecule has 1 fully saturated rings. The normalized spacial score (nSPS) is 20.8. The minimum absolute atomic E-state index is 0.00830. The van der Waals surface area contributed by atoms with Crippen molar-refractivity contribution in [2.24, 2.45) is 0 Å². The van der Waals surface area contributed by atoms with Gasteiger partial charge in [0.25, 0.3) is 0 Å². The second-order valence-electron chi connectivity index (χ2n) is 5.19. The fourth-order valence-electron chi connectivity index (χ4n) is 2.46. The lowest BCUT2D eigenvalue weighted by Crippen LogP contribution is -2.31. The van der Waals surface area contributed by atoms with Crippen LogP contribution in [0.3, 0.4) is 0 Å². The summed E-state index contributed by atoms with van der Waals surface area (Å²) < 4.78 is 16.5. The molecule has 0 aliphatic carbocycles. The third kappa shape index (κ3) is 4.87. The van der Waals surface area contributed by atoms with Gasteiger partial charge in [0, 0.05) is 20.1 Å². The lowest BCUT2D eigenvalue weighted by Gasteiger charge is -2.27. The van der Waals surface area contributed by atoms with Crippen LogP contribution in [0.5, 0.6) is 0 Å². The highest BCUT2D eigenvalue weighted by Crippen LogP contribution is 2.17. The van der Waals surface area contributed by atoms with Gasteiger partial charge in [0.15, 0.2) is 6.29 Å². The van der Waals surface area contributed by atoms with Crippen LogP contribution in [0.15, 0.2) is 24.3 Å². The van der Waals surface area contributed by atoms with Gasteiger partial charge < -0.3 is 19.3 Å². The van der Waals surface area contributed by atoms with Crippen LogP contribution in [-0.2, 0) is 27.2 Å². The first kappa shape index (κ1) is 15.4. The van der Waals surface area contributed by atoms with Crippen molar-refractivity contribution in [3.63, 3.8) is 0 Å². The summed E-state index contributed by atoms with van der Waals surface area (Å²) in [6, 6.07) is 8.19. The van der Waals surface area contributed by atoms with Gasteiger partial charge in [0.2, 0.25) is 0 Å². The Morgan fingerprint density at radius 2 is 2.20 bits per heavy atom. The predicted molar refractivity (Wildman–Crippen MR) is 76.4 cm³/mol. The Kier molecular flexibility index (Phi) is 6.47. The molecule has 4 nitrogen and oxygen atoms in total. The molecule has 1 aromatic carbocycles. The minimum atomic E-state index is -0.212. The largest absolute Gasteiger partial charge is 0.394 e. The highest BCUT2D eigenvalue weighted by atomic mass is 16.7. The molecule has 0 spiro atoms. The first-order valence-electron chi connectivity index (χ1n) is 7.26. The molecule has 0 amide bonds. The van der Waals surface area contributed by atoms with E-state index < -0.39 is 0 Å². The maximum Gasteiger partial charge on any atom is 0.158 e. The van der Waals surface area contributed by atoms with E-state index in [2.05, 4.69) is 6.07 Å². The van der Waals surface area contributed by atoms with E-state index in [1.165, 1.54) is 0 Å². The highest BCUT2D eigenvalue weighted by molar-refractivity contribution is 5.23. The van der Waals surface area contributed by atoms with E-state index in [1.54, 1.807) is 7.11 Å². The second-order valence-corrected chi connectivity index (χ2v) is 5.19. The SMILES string of the molecule is COCc1cccc(CC(CO)OC2CCCCO2)c1. The van der Waals surface area contributed by atoms with E-state index in [-0.39, 0.29) is 19.0 Å². The number of benzene rings is 1. The number of methoxy groups -OCH3 is 1. The molecule has 1 aliphatic rings. The van der Waals surface area contributed by atoms with Gasteiger partial charge in [-0.3, -0.25) is 0 Å². The van der Waals surface area contributed by atoms with Gasteiger partial charge in [-0.15, -0.1) is 0 Å². The Hall–Kier alpha value is -0.940. The standard InChI is InChI=1S/C16H24O4/c1-18-12-14-6-4-5-13(9-14)10-15(11-17)20-16-7-2-3-8-19-16/h4-6,9,15-17H,2-3,7-8,10-12H2,1H3. The Balaban J connectivity index is 1.89. The maximum absolute atomic E-state index is 9.49. The first-order chi connectivity index (χ1) is 9.81. The lowest BCUT2D eigenvalue weighted by atomic mass is 10.1. The smallest absolute Gasteiger partial charge is 0.158 e. The summed E-state index contributed by atoms with van der Waals surface area (Å²) in [6.45, 7) is 1.37. The highest BCUT2D eigenvalue weighted by Gasteiger charge is 2.19. The number of rotatable bonds is 7. The topological polar surface area (TPSA) is 47.9 Å². The second kappa shape index (κ2) is 8.37. The summed E-state index contributed by atoms with van der Waals surface area (Å²) in [5.41, 5.74) is 2.28. The molecular weight excluding hydrogens is 256 g/mol. The van der Waals surface area contributed by atoms with E-state index in [0.29, 0.717) is 13.0 Å². The van der Waals surface area contributed by atoms with Crippen LogP contribution in [-0.4, -0.2) is 37.8 Å². The van der Waals surface area contributed by atoms with Gasteiger partial charge in [-0.25, -0.2) is 0 Å². The van der Waals surface area contributed by atoms with E-state index in [0.717, 1.165) is 37.0 Å². The summed E-state index contributed by atoms with van der Waals surface area (Å²) in [7, 11) is 1.69. The van der Waals surface area contributed by atoms with Crippen LogP contribution in [0.4, 0.5) is 0 Å². The molecule has 1 aromatic rings. The molecule has 4 heteroatoms. The van der Waals surface area contributed by atoms with Gasteiger partial charge in [0.1, 0.15) is 0 Å². The molecule has 0 saturated carbocycles. The molecule has 0 bridgehead atoms. The number of ether oxygens (including phenoxy) is 3. The fraction of sp³-hybridized carbons (Fsp3) is 0.625. The van der Waals surface area contributed by atoms with Crippen molar-refractivity contribution in [3.05, 3.63) is 35.4 Å². The van der Waals surface area contributed by atoms with Crippen molar-refractivity contribution in [1.29, 1.82) is 0 Å². The summed E-state index contributed by atoms with van der Waals surface area (Å²) in [6.07, 6.45) is 3.46. The maximum atomic E-state index is 9.49. The Bertz CT molecular complexity index is 388. The van der Waals surface area contributed by atoms with Gasteiger partial charge in [0.05, 0.1) is 19.3 Å². The molecule has 112 valence electrons.